The summed E-state index contributed by atoms with van der Waals surface area (Å²) in [5.41, 5.74) is 2.42. The first-order valence-electron chi connectivity index (χ1n) is 9.72. The van der Waals surface area contributed by atoms with Gasteiger partial charge in [0.15, 0.2) is 0 Å². The zero-order valence-electron chi connectivity index (χ0n) is 17.0. The highest BCUT2D eigenvalue weighted by molar-refractivity contribution is 6.07. The molecule has 0 unspecified atom stereocenters. The Kier molecular flexibility index (Phi) is 5.75. The standard InChI is InChI=1S/C22H18FN5O4/c1-13-20-16(12-18(26-22(20)32-27-13)14-6-8-15(23)9-7-14)21(29)25-11-10-24-17-4-2-3-5-19(17)28(30)31/h2-9,12,24H,10-11H2,1H3,(H,25,29). The van der Waals surface area contributed by atoms with Gasteiger partial charge in [0.25, 0.3) is 17.3 Å². The van der Waals surface area contributed by atoms with E-state index in [9.17, 15) is 19.3 Å². The number of rotatable bonds is 7. The molecule has 32 heavy (non-hydrogen) atoms. The van der Waals surface area contributed by atoms with Crippen LogP contribution in [0.2, 0.25) is 0 Å². The molecule has 2 aromatic carbocycles. The fourth-order valence-electron chi connectivity index (χ4n) is 3.29. The number of hydrogen-bond acceptors (Lipinski definition) is 7. The lowest BCUT2D eigenvalue weighted by atomic mass is 10.1. The first kappa shape index (κ1) is 20.9. The summed E-state index contributed by atoms with van der Waals surface area (Å²) in [5, 5.41) is 21.2. The summed E-state index contributed by atoms with van der Waals surface area (Å²) in [6.07, 6.45) is 0. The first-order chi connectivity index (χ1) is 15.4. The molecule has 0 saturated heterocycles. The number of nitro benzene ring substituents is 1. The summed E-state index contributed by atoms with van der Waals surface area (Å²) in [6.45, 7) is 2.20. The van der Waals surface area contributed by atoms with E-state index in [0.717, 1.165) is 0 Å². The van der Waals surface area contributed by atoms with Gasteiger partial charge in [-0.2, -0.15) is 0 Å². The summed E-state index contributed by atoms with van der Waals surface area (Å²) in [7, 11) is 0. The Morgan fingerprint density at radius 1 is 1.16 bits per heavy atom. The molecule has 4 rings (SSSR count). The molecule has 0 saturated carbocycles. The van der Waals surface area contributed by atoms with Gasteiger partial charge >= 0.3 is 0 Å². The Bertz CT molecular complexity index is 1300. The van der Waals surface area contributed by atoms with Crippen molar-refractivity contribution in [3.63, 3.8) is 0 Å². The van der Waals surface area contributed by atoms with Gasteiger partial charge in [0.05, 0.1) is 27.3 Å². The maximum atomic E-state index is 13.3. The van der Waals surface area contributed by atoms with E-state index in [1.807, 2.05) is 0 Å². The molecule has 10 heteroatoms. The van der Waals surface area contributed by atoms with Crippen LogP contribution in [0.1, 0.15) is 16.1 Å². The van der Waals surface area contributed by atoms with E-state index in [1.54, 1.807) is 43.3 Å². The van der Waals surface area contributed by atoms with E-state index in [4.69, 9.17) is 4.52 Å². The molecule has 0 atom stereocenters. The zero-order chi connectivity index (χ0) is 22.7. The van der Waals surface area contributed by atoms with E-state index in [-0.39, 0.29) is 36.2 Å². The average Bonchev–Trinajstić information content (AvgIpc) is 3.17. The van der Waals surface area contributed by atoms with Gasteiger partial charge in [-0.25, -0.2) is 9.37 Å². The highest BCUT2D eigenvalue weighted by Crippen LogP contribution is 2.27. The van der Waals surface area contributed by atoms with Crippen LogP contribution >= 0.6 is 0 Å². The second-order valence-electron chi connectivity index (χ2n) is 6.97. The number of anilines is 1. The number of nitro groups is 1. The number of aromatic nitrogens is 2. The Balaban J connectivity index is 1.52. The molecular weight excluding hydrogens is 417 g/mol. The number of carbonyl (C=O) groups is 1. The lowest BCUT2D eigenvalue weighted by Crippen LogP contribution is -2.29. The van der Waals surface area contributed by atoms with Crippen molar-refractivity contribution in [2.75, 3.05) is 18.4 Å². The predicted molar refractivity (Wildman–Crippen MR) is 116 cm³/mol. The van der Waals surface area contributed by atoms with Crippen molar-refractivity contribution in [2.24, 2.45) is 0 Å². The van der Waals surface area contributed by atoms with Crippen LogP contribution in [0, 0.1) is 22.9 Å². The summed E-state index contributed by atoms with van der Waals surface area (Å²) in [5.74, 6) is -0.758. The van der Waals surface area contributed by atoms with Crippen LogP contribution in [-0.2, 0) is 0 Å². The van der Waals surface area contributed by atoms with Crippen molar-refractivity contribution in [1.82, 2.24) is 15.5 Å². The lowest BCUT2D eigenvalue weighted by molar-refractivity contribution is -0.384. The van der Waals surface area contributed by atoms with Crippen LogP contribution < -0.4 is 10.6 Å². The van der Waals surface area contributed by atoms with Gasteiger partial charge in [-0.15, -0.1) is 0 Å². The molecule has 0 spiro atoms. The normalized spacial score (nSPS) is 10.8. The number of aryl methyl sites for hydroxylation is 1. The van der Waals surface area contributed by atoms with E-state index in [0.29, 0.717) is 33.6 Å². The van der Waals surface area contributed by atoms with E-state index < -0.39 is 4.92 Å². The maximum absolute atomic E-state index is 13.3. The molecule has 9 nitrogen and oxygen atoms in total. The Morgan fingerprint density at radius 3 is 2.66 bits per heavy atom. The second-order valence-corrected chi connectivity index (χ2v) is 6.97. The molecule has 2 heterocycles. The molecule has 0 bridgehead atoms. The molecule has 2 N–H and O–H groups in total. The van der Waals surface area contributed by atoms with Crippen LogP contribution in [-0.4, -0.2) is 34.1 Å². The van der Waals surface area contributed by atoms with E-state index >= 15 is 0 Å². The third-order valence-corrected chi connectivity index (χ3v) is 4.83. The Labute approximate surface area is 181 Å². The highest BCUT2D eigenvalue weighted by Gasteiger charge is 2.19. The summed E-state index contributed by atoms with van der Waals surface area (Å²) >= 11 is 0. The Morgan fingerprint density at radius 2 is 1.91 bits per heavy atom. The van der Waals surface area contributed by atoms with E-state index in [2.05, 4.69) is 20.8 Å². The summed E-state index contributed by atoms with van der Waals surface area (Å²) in [4.78, 5) is 28.0. The van der Waals surface area contributed by atoms with E-state index in [1.165, 1.54) is 18.2 Å². The first-order valence-corrected chi connectivity index (χ1v) is 9.72. The fourth-order valence-corrected chi connectivity index (χ4v) is 3.29. The third kappa shape index (κ3) is 4.24. The van der Waals surface area contributed by atoms with Gasteiger partial charge in [-0.3, -0.25) is 14.9 Å². The minimum Gasteiger partial charge on any atom is -0.378 e. The quantitative estimate of drug-likeness (QED) is 0.255. The molecule has 0 radical (unpaired) electrons. The van der Waals surface area contributed by atoms with Gasteiger partial charge in [0, 0.05) is 24.7 Å². The van der Waals surface area contributed by atoms with Gasteiger partial charge in [-0.05, 0) is 43.3 Å². The number of fused-ring (bicyclic) bond motifs is 1. The number of halogens is 1. The van der Waals surface area contributed by atoms with Crippen molar-refractivity contribution in [2.45, 2.75) is 6.92 Å². The smallest absolute Gasteiger partial charge is 0.292 e. The minimum absolute atomic E-state index is 0.0429. The number of benzene rings is 2. The van der Waals surface area contributed by atoms with Crippen molar-refractivity contribution in [3.05, 3.63) is 81.8 Å². The monoisotopic (exact) mass is 435 g/mol. The van der Waals surface area contributed by atoms with Gasteiger partial charge in [0.2, 0.25) is 0 Å². The van der Waals surface area contributed by atoms with Crippen molar-refractivity contribution in [3.8, 4) is 11.3 Å². The van der Waals surface area contributed by atoms with Gasteiger partial charge in [-0.1, -0.05) is 17.3 Å². The molecule has 0 aliphatic heterocycles. The molecule has 4 aromatic rings. The van der Waals surface area contributed by atoms with Crippen LogP contribution in [0.25, 0.3) is 22.4 Å². The average molecular weight is 435 g/mol. The van der Waals surface area contributed by atoms with Crippen LogP contribution in [0.5, 0.6) is 0 Å². The third-order valence-electron chi connectivity index (χ3n) is 4.83. The highest BCUT2D eigenvalue weighted by atomic mass is 19.1. The number of para-hydroxylation sites is 2. The fraction of sp³-hybridized carbons (Fsp3) is 0.136. The van der Waals surface area contributed by atoms with Crippen LogP contribution in [0.3, 0.4) is 0 Å². The summed E-state index contributed by atoms with van der Waals surface area (Å²) < 4.78 is 18.5. The predicted octanol–water partition coefficient (Wildman–Crippen LogP) is 4.09. The molecule has 0 aliphatic carbocycles. The van der Waals surface area contributed by atoms with Gasteiger partial charge < -0.3 is 15.2 Å². The second kappa shape index (κ2) is 8.80. The molecule has 1 amide bonds. The summed E-state index contributed by atoms with van der Waals surface area (Å²) in [6, 6.07) is 13.6. The minimum atomic E-state index is -0.472. The van der Waals surface area contributed by atoms with Crippen molar-refractivity contribution < 1.29 is 18.6 Å². The largest absolute Gasteiger partial charge is 0.378 e. The Hall–Kier alpha value is -4.34. The van der Waals surface area contributed by atoms with Crippen LogP contribution in [0.4, 0.5) is 15.8 Å². The number of amides is 1. The number of carbonyl (C=O) groups excluding carboxylic acids is 1. The molecule has 0 aliphatic rings. The molecule has 2 aromatic heterocycles. The zero-order valence-corrected chi connectivity index (χ0v) is 17.0. The number of hydrogen-bond donors (Lipinski definition) is 2. The van der Waals surface area contributed by atoms with Crippen LogP contribution in [0.15, 0.2) is 59.1 Å². The number of nitrogens with zero attached hydrogens (tertiary/aromatic N) is 3. The molecular formula is C22H18FN5O4. The topological polar surface area (TPSA) is 123 Å². The lowest BCUT2D eigenvalue weighted by Gasteiger charge is -2.10. The van der Waals surface area contributed by atoms with Crippen molar-refractivity contribution >= 4 is 28.4 Å². The number of pyridine rings is 1. The number of nitrogens with one attached hydrogen (secondary N) is 2. The van der Waals surface area contributed by atoms with Gasteiger partial charge in [0.1, 0.15) is 11.5 Å². The maximum Gasteiger partial charge on any atom is 0.292 e. The molecule has 162 valence electrons. The van der Waals surface area contributed by atoms with Crippen molar-refractivity contribution in [1.29, 1.82) is 0 Å². The SMILES string of the molecule is Cc1noc2nc(-c3ccc(F)cc3)cc(C(=O)NCCNc3ccccc3[N+](=O)[O-])c12. The molecule has 0 fully saturated rings.